The van der Waals surface area contributed by atoms with Gasteiger partial charge in [-0.3, -0.25) is 0 Å². The van der Waals surface area contributed by atoms with Crippen LogP contribution in [0.4, 0.5) is 0 Å². The van der Waals surface area contributed by atoms with Crippen molar-refractivity contribution in [2.75, 3.05) is 6.61 Å². The highest BCUT2D eigenvalue weighted by atomic mass is 35.5. The molecule has 1 nitrogen and oxygen atoms in total. The minimum atomic E-state index is 0.0863. The molecule has 2 rings (SSSR count). The molecule has 0 bridgehead atoms. The van der Waals surface area contributed by atoms with Crippen molar-refractivity contribution in [3.63, 3.8) is 0 Å². The van der Waals surface area contributed by atoms with Crippen LogP contribution in [0.1, 0.15) is 43.2 Å². The van der Waals surface area contributed by atoms with Crippen molar-refractivity contribution in [3.05, 3.63) is 35.4 Å². The Bertz CT molecular complexity index is 346. The zero-order valence-electron chi connectivity index (χ0n) is 10.7. The highest BCUT2D eigenvalue weighted by Crippen LogP contribution is 2.37. The van der Waals surface area contributed by atoms with Crippen molar-refractivity contribution in [2.45, 2.75) is 44.6 Å². The Hall–Kier alpha value is -0.530. The fourth-order valence-corrected chi connectivity index (χ4v) is 3.01. The first-order valence-electron chi connectivity index (χ1n) is 6.57. The molecule has 3 atom stereocenters. The van der Waals surface area contributed by atoms with Gasteiger partial charge in [0.05, 0.1) is 11.5 Å². The summed E-state index contributed by atoms with van der Waals surface area (Å²) >= 11 is 6.56. The average Bonchev–Trinajstić information content (AvgIpc) is 2.76. The second kappa shape index (κ2) is 5.88. The third kappa shape index (κ3) is 3.02. The first kappa shape index (κ1) is 12.9. The molecule has 1 fully saturated rings. The molecule has 1 aliphatic heterocycles. The number of halogens is 1. The lowest BCUT2D eigenvalue weighted by Gasteiger charge is -2.20. The predicted octanol–water partition coefficient (Wildman–Crippen LogP) is 4.34. The van der Waals surface area contributed by atoms with Crippen LogP contribution in [0.3, 0.4) is 0 Å². The average molecular weight is 253 g/mol. The Morgan fingerprint density at radius 2 is 2.06 bits per heavy atom. The van der Waals surface area contributed by atoms with E-state index in [0.717, 1.165) is 19.4 Å². The molecule has 1 aliphatic rings. The smallest absolute Gasteiger partial charge is 0.0638 e. The number of alkyl halides is 1. The van der Waals surface area contributed by atoms with Crippen LogP contribution >= 0.6 is 11.6 Å². The number of benzene rings is 1. The van der Waals surface area contributed by atoms with Gasteiger partial charge >= 0.3 is 0 Å². The van der Waals surface area contributed by atoms with E-state index in [1.165, 1.54) is 17.5 Å². The van der Waals surface area contributed by atoms with E-state index in [4.69, 9.17) is 16.3 Å². The van der Waals surface area contributed by atoms with E-state index >= 15 is 0 Å². The molecule has 2 heteroatoms. The lowest BCUT2D eigenvalue weighted by molar-refractivity contribution is 0.105. The third-order valence-corrected chi connectivity index (χ3v) is 4.22. The van der Waals surface area contributed by atoms with Crippen LogP contribution < -0.4 is 0 Å². The van der Waals surface area contributed by atoms with Gasteiger partial charge in [-0.05, 0) is 30.9 Å². The van der Waals surface area contributed by atoms with E-state index < -0.39 is 0 Å². The summed E-state index contributed by atoms with van der Waals surface area (Å²) in [5.41, 5.74) is 2.63. The van der Waals surface area contributed by atoms with Gasteiger partial charge in [-0.1, -0.05) is 37.6 Å². The first-order chi connectivity index (χ1) is 8.22. The van der Waals surface area contributed by atoms with Crippen molar-refractivity contribution in [1.82, 2.24) is 0 Å². The molecule has 0 saturated carbocycles. The summed E-state index contributed by atoms with van der Waals surface area (Å²) in [4.78, 5) is 0. The summed E-state index contributed by atoms with van der Waals surface area (Å²) in [7, 11) is 0. The van der Waals surface area contributed by atoms with Gasteiger partial charge < -0.3 is 4.74 Å². The Morgan fingerprint density at radius 1 is 1.35 bits per heavy atom. The minimum Gasteiger partial charge on any atom is -0.378 e. The normalized spacial score (nSPS) is 26.1. The van der Waals surface area contributed by atoms with Gasteiger partial charge in [-0.2, -0.15) is 0 Å². The van der Waals surface area contributed by atoms with Crippen molar-refractivity contribution >= 4 is 11.6 Å². The highest BCUT2D eigenvalue weighted by Gasteiger charge is 2.31. The maximum Gasteiger partial charge on any atom is 0.0638 e. The van der Waals surface area contributed by atoms with Crippen LogP contribution in [-0.4, -0.2) is 12.7 Å². The van der Waals surface area contributed by atoms with Gasteiger partial charge in [0.2, 0.25) is 0 Å². The predicted molar refractivity (Wildman–Crippen MR) is 72.6 cm³/mol. The first-order valence-corrected chi connectivity index (χ1v) is 7.00. The summed E-state index contributed by atoms with van der Waals surface area (Å²) in [6.45, 7) is 5.18. The monoisotopic (exact) mass is 252 g/mol. The van der Waals surface area contributed by atoms with Gasteiger partial charge in [-0.15, -0.1) is 11.6 Å². The summed E-state index contributed by atoms with van der Waals surface area (Å²) < 4.78 is 5.59. The fourth-order valence-electron chi connectivity index (χ4n) is 2.54. The maximum atomic E-state index is 6.56. The molecule has 0 spiro atoms. The van der Waals surface area contributed by atoms with Crippen molar-refractivity contribution in [3.8, 4) is 0 Å². The molecule has 0 amide bonds. The number of rotatable bonds is 4. The Kier molecular flexibility index (Phi) is 4.47. The van der Waals surface area contributed by atoms with Crippen LogP contribution in [-0.2, 0) is 11.2 Å². The molecule has 0 aliphatic carbocycles. The molecule has 1 aromatic rings. The zero-order valence-corrected chi connectivity index (χ0v) is 11.4. The molecule has 1 saturated heterocycles. The molecule has 1 aromatic carbocycles. The van der Waals surface area contributed by atoms with Crippen molar-refractivity contribution in [2.24, 2.45) is 5.92 Å². The summed E-state index contributed by atoms with van der Waals surface area (Å²) in [5, 5.41) is 0.0863. The van der Waals surface area contributed by atoms with Crippen molar-refractivity contribution in [1.29, 1.82) is 0 Å². The molecule has 94 valence electrons. The van der Waals surface area contributed by atoms with E-state index in [2.05, 4.69) is 38.1 Å². The molecule has 3 unspecified atom stereocenters. The molecule has 17 heavy (non-hydrogen) atoms. The molecule has 0 radical (unpaired) electrons. The van der Waals surface area contributed by atoms with E-state index in [1.807, 2.05) is 0 Å². The van der Waals surface area contributed by atoms with Crippen LogP contribution in [0.25, 0.3) is 0 Å². The van der Waals surface area contributed by atoms with Gasteiger partial charge in [0, 0.05) is 12.5 Å². The van der Waals surface area contributed by atoms with Gasteiger partial charge in [0.15, 0.2) is 0 Å². The lowest BCUT2D eigenvalue weighted by Crippen LogP contribution is -2.16. The van der Waals surface area contributed by atoms with E-state index in [0.29, 0.717) is 5.92 Å². The fraction of sp³-hybridized carbons (Fsp3) is 0.600. The number of aryl methyl sites for hydroxylation is 1. The van der Waals surface area contributed by atoms with Gasteiger partial charge in [-0.25, -0.2) is 0 Å². The second-order valence-electron chi connectivity index (χ2n) is 4.92. The molecular weight excluding hydrogens is 232 g/mol. The Labute approximate surface area is 109 Å². The molecule has 0 aromatic heterocycles. The number of ether oxygens (including phenoxy) is 1. The molecule has 1 heterocycles. The van der Waals surface area contributed by atoms with Crippen LogP contribution in [0.5, 0.6) is 0 Å². The van der Waals surface area contributed by atoms with Crippen molar-refractivity contribution < 1.29 is 4.74 Å². The quantitative estimate of drug-likeness (QED) is 0.725. The minimum absolute atomic E-state index is 0.0863. The lowest BCUT2D eigenvalue weighted by atomic mass is 9.92. The largest absolute Gasteiger partial charge is 0.378 e. The molecular formula is C15H21ClO. The van der Waals surface area contributed by atoms with E-state index in [-0.39, 0.29) is 11.5 Å². The maximum absolute atomic E-state index is 6.56. The topological polar surface area (TPSA) is 9.23 Å². The van der Waals surface area contributed by atoms with Gasteiger partial charge in [0.1, 0.15) is 0 Å². The molecule has 0 N–H and O–H groups in total. The summed E-state index contributed by atoms with van der Waals surface area (Å²) in [5.74, 6) is 0.452. The third-order valence-electron chi connectivity index (χ3n) is 3.65. The Morgan fingerprint density at radius 3 is 2.59 bits per heavy atom. The summed E-state index contributed by atoms with van der Waals surface area (Å²) in [6, 6.07) is 8.75. The van der Waals surface area contributed by atoms with Crippen LogP contribution in [0.15, 0.2) is 24.3 Å². The van der Waals surface area contributed by atoms with Crippen LogP contribution in [0.2, 0.25) is 0 Å². The summed E-state index contributed by atoms with van der Waals surface area (Å²) in [6.07, 6.45) is 3.70. The Balaban J connectivity index is 2.05. The highest BCUT2D eigenvalue weighted by molar-refractivity contribution is 6.21. The van der Waals surface area contributed by atoms with Gasteiger partial charge in [0.25, 0.3) is 0 Å². The second-order valence-corrected chi connectivity index (χ2v) is 5.39. The zero-order chi connectivity index (χ0) is 12.3. The standard InChI is InChI=1S/C15H21ClO/c1-3-4-12-5-7-13(8-6-12)15(16)14-9-10-17-11(14)2/h5-8,11,14-15H,3-4,9-10H2,1-2H3. The number of hydrogen-bond acceptors (Lipinski definition) is 1. The van der Waals surface area contributed by atoms with E-state index in [1.54, 1.807) is 0 Å². The van der Waals surface area contributed by atoms with E-state index in [9.17, 15) is 0 Å². The number of hydrogen-bond donors (Lipinski definition) is 0. The van der Waals surface area contributed by atoms with Crippen LogP contribution in [0, 0.1) is 5.92 Å². The SMILES string of the molecule is CCCc1ccc(C(Cl)C2CCOC2C)cc1.